The van der Waals surface area contributed by atoms with Gasteiger partial charge in [0.25, 0.3) is 0 Å². The lowest BCUT2D eigenvalue weighted by molar-refractivity contribution is -0.137. The summed E-state index contributed by atoms with van der Waals surface area (Å²) in [6.07, 6.45) is -4.24. The van der Waals surface area contributed by atoms with Gasteiger partial charge in [0.1, 0.15) is 0 Å². The molecule has 4 heteroatoms. The molecule has 0 radical (unpaired) electrons. The summed E-state index contributed by atoms with van der Waals surface area (Å²) in [4.78, 5) is 0. The van der Waals surface area contributed by atoms with Crippen LogP contribution in [-0.4, -0.2) is 13.1 Å². The number of hydrogen-bond donors (Lipinski definition) is 1. The molecule has 0 spiro atoms. The van der Waals surface area contributed by atoms with Gasteiger partial charge in [-0.25, -0.2) is 0 Å². The molecule has 1 aliphatic carbocycles. The molecule has 3 atom stereocenters. The quantitative estimate of drug-likeness (QED) is 0.797. The van der Waals surface area contributed by atoms with E-state index in [-0.39, 0.29) is 5.41 Å². The van der Waals surface area contributed by atoms with E-state index < -0.39 is 11.7 Å². The van der Waals surface area contributed by atoms with E-state index in [1.165, 1.54) is 12.1 Å². The van der Waals surface area contributed by atoms with Crippen molar-refractivity contribution in [3.8, 4) is 0 Å². The normalized spacial score (nSPS) is 35.8. The first-order valence-corrected chi connectivity index (χ1v) is 5.85. The number of hydrogen-bond acceptors (Lipinski definition) is 1. The zero-order valence-electron chi connectivity index (χ0n) is 9.51. The van der Waals surface area contributed by atoms with Gasteiger partial charge in [-0.2, -0.15) is 13.2 Å². The first-order valence-electron chi connectivity index (χ1n) is 5.85. The molecule has 1 saturated carbocycles. The molecule has 0 bridgehead atoms. The average Bonchev–Trinajstić information content (AvgIpc) is 2.70. The Bertz CT molecular complexity index is 437. The minimum atomic E-state index is -4.24. The van der Waals surface area contributed by atoms with E-state index in [9.17, 15) is 13.2 Å². The van der Waals surface area contributed by atoms with E-state index in [1.807, 2.05) is 0 Å². The fourth-order valence-corrected chi connectivity index (χ4v) is 3.36. The van der Waals surface area contributed by atoms with Crippen LogP contribution in [0.15, 0.2) is 24.3 Å². The molecule has 1 aliphatic heterocycles. The van der Waals surface area contributed by atoms with Gasteiger partial charge in [-0.05, 0) is 36.1 Å². The van der Waals surface area contributed by atoms with Crippen molar-refractivity contribution in [1.29, 1.82) is 0 Å². The lowest BCUT2D eigenvalue weighted by Gasteiger charge is -2.15. The predicted molar refractivity (Wildman–Crippen MR) is 58.6 cm³/mol. The molecule has 1 heterocycles. The maximum atomic E-state index is 12.5. The van der Waals surface area contributed by atoms with E-state index in [0.717, 1.165) is 18.7 Å². The van der Waals surface area contributed by atoms with E-state index in [0.29, 0.717) is 11.8 Å². The molecule has 2 aliphatic rings. The zero-order chi connectivity index (χ0) is 12.3. The summed E-state index contributed by atoms with van der Waals surface area (Å²) in [5, 5.41) is 3.31. The Morgan fingerprint density at radius 3 is 2.35 bits per heavy atom. The third kappa shape index (κ3) is 1.43. The SMILES string of the molecule is C[C@H]1[C@H]2CNC[C@]21c1ccc(C(F)(F)F)cc1. The molecule has 0 aromatic heterocycles. The summed E-state index contributed by atoms with van der Waals surface area (Å²) in [5.41, 5.74) is 0.589. The standard InChI is InChI=1S/C13H14F3N/c1-8-11-6-17-7-12(8,11)9-2-4-10(5-3-9)13(14,15)16/h2-5,8,11,17H,6-7H2,1H3/t8-,11+,12-/m0/s1. The van der Waals surface area contributed by atoms with Crippen LogP contribution in [0.2, 0.25) is 0 Å². The molecule has 1 aromatic carbocycles. The molecule has 1 nitrogen and oxygen atoms in total. The molecule has 0 unspecified atom stereocenters. The minimum absolute atomic E-state index is 0.101. The highest BCUT2D eigenvalue weighted by atomic mass is 19.4. The first-order chi connectivity index (χ1) is 7.96. The van der Waals surface area contributed by atoms with E-state index in [2.05, 4.69) is 12.2 Å². The Balaban J connectivity index is 1.91. The largest absolute Gasteiger partial charge is 0.416 e. The molecular formula is C13H14F3N. The topological polar surface area (TPSA) is 12.0 Å². The first kappa shape index (κ1) is 11.1. The molecule has 17 heavy (non-hydrogen) atoms. The average molecular weight is 241 g/mol. The molecule has 2 fully saturated rings. The summed E-state index contributed by atoms with van der Waals surface area (Å²) in [5.74, 6) is 1.18. The van der Waals surface area contributed by atoms with E-state index >= 15 is 0 Å². The molecule has 1 saturated heterocycles. The Morgan fingerprint density at radius 2 is 1.88 bits per heavy atom. The summed E-state index contributed by atoms with van der Waals surface area (Å²) >= 11 is 0. The van der Waals surface area contributed by atoms with Crippen LogP contribution in [0.5, 0.6) is 0 Å². The lowest BCUT2D eigenvalue weighted by atomic mass is 9.92. The zero-order valence-corrected chi connectivity index (χ0v) is 9.51. The maximum absolute atomic E-state index is 12.5. The van der Waals surface area contributed by atoms with Crippen LogP contribution in [-0.2, 0) is 11.6 Å². The van der Waals surface area contributed by atoms with Crippen LogP contribution in [0.1, 0.15) is 18.1 Å². The number of rotatable bonds is 1. The highest BCUT2D eigenvalue weighted by Crippen LogP contribution is 2.61. The molecule has 1 aromatic rings. The van der Waals surface area contributed by atoms with Crippen LogP contribution in [0, 0.1) is 11.8 Å². The van der Waals surface area contributed by atoms with Crippen LogP contribution in [0.4, 0.5) is 13.2 Å². The molecular weight excluding hydrogens is 227 g/mol. The van der Waals surface area contributed by atoms with Gasteiger partial charge < -0.3 is 5.32 Å². The van der Waals surface area contributed by atoms with Gasteiger partial charge in [-0.15, -0.1) is 0 Å². The maximum Gasteiger partial charge on any atom is 0.416 e. The smallest absolute Gasteiger partial charge is 0.316 e. The second-order valence-electron chi connectivity index (χ2n) is 5.14. The fraction of sp³-hybridized carbons (Fsp3) is 0.538. The van der Waals surface area contributed by atoms with Crippen molar-refractivity contribution in [3.63, 3.8) is 0 Å². The van der Waals surface area contributed by atoms with Crippen LogP contribution < -0.4 is 5.32 Å². The van der Waals surface area contributed by atoms with E-state index in [4.69, 9.17) is 0 Å². The van der Waals surface area contributed by atoms with Crippen molar-refractivity contribution in [2.75, 3.05) is 13.1 Å². The fourth-order valence-electron chi connectivity index (χ4n) is 3.36. The summed E-state index contributed by atoms with van der Waals surface area (Å²) < 4.78 is 37.4. The number of fused-ring (bicyclic) bond motifs is 1. The molecule has 3 rings (SSSR count). The van der Waals surface area contributed by atoms with Gasteiger partial charge in [0, 0.05) is 12.0 Å². The van der Waals surface area contributed by atoms with Gasteiger partial charge in [-0.3, -0.25) is 0 Å². The second kappa shape index (κ2) is 3.25. The lowest BCUT2D eigenvalue weighted by Crippen LogP contribution is -2.22. The van der Waals surface area contributed by atoms with Crippen molar-refractivity contribution in [1.82, 2.24) is 5.32 Å². The predicted octanol–water partition coefficient (Wildman–Crippen LogP) is 2.81. The summed E-state index contributed by atoms with van der Waals surface area (Å²) in [6, 6.07) is 5.69. The number of benzene rings is 1. The number of nitrogens with one attached hydrogen (secondary N) is 1. The minimum Gasteiger partial charge on any atom is -0.316 e. The highest BCUT2D eigenvalue weighted by molar-refractivity contribution is 5.41. The monoisotopic (exact) mass is 241 g/mol. The Labute approximate surface area is 98.0 Å². The Hall–Kier alpha value is -1.03. The van der Waals surface area contributed by atoms with E-state index in [1.54, 1.807) is 12.1 Å². The number of halogens is 3. The molecule has 1 N–H and O–H groups in total. The Morgan fingerprint density at radius 1 is 1.24 bits per heavy atom. The Kier molecular flexibility index (Phi) is 2.12. The molecule has 0 amide bonds. The van der Waals surface area contributed by atoms with Gasteiger partial charge in [0.05, 0.1) is 5.56 Å². The van der Waals surface area contributed by atoms with Crippen molar-refractivity contribution in [2.24, 2.45) is 11.8 Å². The van der Waals surface area contributed by atoms with Crippen LogP contribution in [0.3, 0.4) is 0 Å². The third-order valence-electron chi connectivity index (χ3n) is 4.50. The van der Waals surface area contributed by atoms with Gasteiger partial charge in [0.15, 0.2) is 0 Å². The number of piperidine rings is 1. The summed E-state index contributed by atoms with van der Waals surface area (Å²) in [7, 11) is 0. The van der Waals surface area contributed by atoms with Gasteiger partial charge in [0.2, 0.25) is 0 Å². The van der Waals surface area contributed by atoms with Crippen LogP contribution in [0.25, 0.3) is 0 Å². The van der Waals surface area contributed by atoms with Crippen LogP contribution >= 0.6 is 0 Å². The number of alkyl halides is 3. The third-order valence-corrected chi connectivity index (χ3v) is 4.50. The second-order valence-corrected chi connectivity index (χ2v) is 5.14. The molecule has 92 valence electrons. The van der Waals surface area contributed by atoms with Crippen molar-refractivity contribution in [2.45, 2.75) is 18.5 Å². The van der Waals surface area contributed by atoms with Gasteiger partial charge in [-0.1, -0.05) is 19.1 Å². The van der Waals surface area contributed by atoms with Gasteiger partial charge >= 0.3 is 6.18 Å². The highest BCUT2D eigenvalue weighted by Gasteiger charge is 2.64. The van der Waals surface area contributed by atoms with Crippen molar-refractivity contribution in [3.05, 3.63) is 35.4 Å². The van der Waals surface area contributed by atoms with Crippen molar-refractivity contribution >= 4 is 0 Å². The summed E-state index contributed by atoms with van der Waals surface area (Å²) in [6.45, 7) is 4.07. The van der Waals surface area contributed by atoms with Crippen molar-refractivity contribution < 1.29 is 13.2 Å².